The first-order chi connectivity index (χ1) is 14.8. The van der Waals surface area contributed by atoms with Crippen molar-refractivity contribution in [1.29, 1.82) is 0 Å². The van der Waals surface area contributed by atoms with Gasteiger partial charge in [-0.3, -0.25) is 14.0 Å². The van der Waals surface area contributed by atoms with Crippen LogP contribution in [0.1, 0.15) is 35.3 Å². The number of pyridine rings is 1. The Bertz CT molecular complexity index is 1330. The highest BCUT2D eigenvalue weighted by molar-refractivity contribution is 7.09. The van der Waals surface area contributed by atoms with E-state index in [1.807, 2.05) is 25.1 Å². The summed E-state index contributed by atoms with van der Waals surface area (Å²) in [5.41, 5.74) is 2.53. The van der Waals surface area contributed by atoms with Gasteiger partial charge in [-0.05, 0) is 44.0 Å². The second-order valence-electron chi connectivity index (χ2n) is 7.46. The molecule has 1 aromatic carbocycles. The van der Waals surface area contributed by atoms with E-state index in [0.717, 1.165) is 29.4 Å². The van der Waals surface area contributed by atoms with Crippen molar-refractivity contribution in [3.05, 3.63) is 68.7 Å². The maximum atomic E-state index is 12.6. The van der Waals surface area contributed by atoms with E-state index in [2.05, 4.69) is 14.8 Å². The number of rotatable bonds is 5. The summed E-state index contributed by atoms with van der Waals surface area (Å²) in [4.78, 5) is 16.1. The van der Waals surface area contributed by atoms with E-state index in [0.29, 0.717) is 23.1 Å². The van der Waals surface area contributed by atoms with Crippen molar-refractivity contribution in [1.82, 2.24) is 19.3 Å². The van der Waals surface area contributed by atoms with E-state index >= 15 is 0 Å². The number of hydrogen-bond donors (Lipinski definition) is 0. The summed E-state index contributed by atoms with van der Waals surface area (Å²) in [6.07, 6.45) is -0.609. The predicted molar refractivity (Wildman–Crippen MR) is 110 cm³/mol. The van der Waals surface area contributed by atoms with E-state index in [1.165, 1.54) is 16.0 Å². The summed E-state index contributed by atoms with van der Waals surface area (Å²) in [6, 6.07) is 9.05. The SMILES string of the molecule is Cc1c2cc(-n3ccc(OCc4csc(C(F)(F)F)n4)cc3=O)ccc2nn1C1CC1. The first kappa shape index (κ1) is 19.8. The number of aryl methyl sites for hydroxylation is 1. The summed E-state index contributed by atoms with van der Waals surface area (Å²) in [5.74, 6) is 0.265. The van der Waals surface area contributed by atoms with Crippen LogP contribution in [0.2, 0.25) is 0 Å². The third-order valence-corrected chi connectivity index (χ3v) is 6.11. The van der Waals surface area contributed by atoms with Gasteiger partial charge in [0.15, 0.2) is 5.01 Å². The monoisotopic (exact) mass is 446 g/mol. The van der Waals surface area contributed by atoms with Crippen molar-refractivity contribution >= 4 is 22.2 Å². The van der Waals surface area contributed by atoms with Gasteiger partial charge in [0.1, 0.15) is 12.4 Å². The van der Waals surface area contributed by atoms with Crippen molar-refractivity contribution < 1.29 is 17.9 Å². The van der Waals surface area contributed by atoms with Crippen LogP contribution in [0.4, 0.5) is 13.2 Å². The minimum absolute atomic E-state index is 0.151. The molecule has 10 heteroatoms. The Hall–Kier alpha value is -3.14. The molecule has 0 unspecified atom stereocenters. The Morgan fingerprint density at radius 3 is 2.71 bits per heavy atom. The number of halogens is 3. The van der Waals surface area contributed by atoms with Gasteiger partial charge in [0.25, 0.3) is 5.56 Å². The van der Waals surface area contributed by atoms with Gasteiger partial charge in [0.05, 0.1) is 17.3 Å². The van der Waals surface area contributed by atoms with Gasteiger partial charge >= 0.3 is 6.18 Å². The van der Waals surface area contributed by atoms with Crippen molar-refractivity contribution in [2.24, 2.45) is 0 Å². The van der Waals surface area contributed by atoms with Crippen molar-refractivity contribution in [3.8, 4) is 11.4 Å². The topological polar surface area (TPSA) is 61.9 Å². The molecule has 0 bridgehead atoms. The van der Waals surface area contributed by atoms with E-state index < -0.39 is 11.2 Å². The number of aromatic nitrogens is 4. The minimum Gasteiger partial charge on any atom is -0.487 e. The molecule has 31 heavy (non-hydrogen) atoms. The molecule has 0 N–H and O–H groups in total. The molecule has 0 aliphatic heterocycles. The zero-order chi connectivity index (χ0) is 21.8. The molecule has 1 aliphatic rings. The van der Waals surface area contributed by atoms with Gasteiger partial charge in [0.2, 0.25) is 0 Å². The molecule has 1 saturated carbocycles. The van der Waals surface area contributed by atoms with E-state index in [4.69, 9.17) is 4.74 Å². The Morgan fingerprint density at radius 2 is 2.03 bits per heavy atom. The molecule has 0 atom stereocenters. The highest BCUT2D eigenvalue weighted by Crippen LogP contribution is 2.37. The normalized spacial score (nSPS) is 14.3. The Kier molecular flexibility index (Phi) is 4.62. The first-order valence-electron chi connectivity index (χ1n) is 9.66. The van der Waals surface area contributed by atoms with Crippen molar-refractivity contribution in [2.75, 3.05) is 0 Å². The lowest BCUT2D eigenvalue weighted by molar-refractivity contribution is -0.137. The van der Waals surface area contributed by atoms with Gasteiger partial charge in [-0.2, -0.15) is 18.3 Å². The molecule has 4 aromatic rings. The third kappa shape index (κ3) is 3.83. The van der Waals surface area contributed by atoms with Crippen LogP contribution in [0.25, 0.3) is 16.6 Å². The molecule has 3 aromatic heterocycles. The molecule has 3 heterocycles. The minimum atomic E-state index is -4.47. The highest BCUT2D eigenvalue weighted by atomic mass is 32.1. The van der Waals surface area contributed by atoms with Crippen molar-refractivity contribution in [2.45, 2.75) is 38.6 Å². The Labute approximate surface area is 178 Å². The van der Waals surface area contributed by atoms with Crippen LogP contribution < -0.4 is 10.3 Å². The molecule has 0 radical (unpaired) electrons. The molecule has 1 aliphatic carbocycles. The zero-order valence-electron chi connectivity index (χ0n) is 16.4. The maximum Gasteiger partial charge on any atom is 0.443 e. The predicted octanol–water partition coefficient (Wildman–Crippen LogP) is 4.88. The molecule has 0 amide bonds. The molecular weight excluding hydrogens is 429 g/mol. The van der Waals surface area contributed by atoms with Crippen LogP contribution in [0.5, 0.6) is 5.75 Å². The number of hydrogen-bond acceptors (Lipinski definition) is 5. The second-order valence-corrected chi connectivity index (χ2v) is 8.32. The number of fused-ring (bicyclic) bond motifs is 1. The lowest BCUT2D eigenvalue weighted by atomic mass is 10.2. The zero-order valence-corrected chi connectivity index (χ0v) is 17.2. The van der Waals surface area contributed by atoms with Gasteiger partial charge < -0.3 is 4.74 Å². The standard InChI is InChI=1S/C21H17F3N4O2S/c1-12-17-8-15(4-5-18(17)26-28(12)14-2-3-14)27-7-6-16(9-19(27)29)30-10-13-11-31-20(25-13)21(22,23)24/h4-9,11,14H,2-3,10H2,1H3. The molecule has 0 spiro atoms. The van der Waals surface area contributed by atoms with Crippen LogP contribution in [0.3, 0.4) is 0 Å². The quantitative estimate of drug-likeness (QED) is 0.438. The Morgan fingerprint density at radius 1 is 1.23 bits per heavy atom. The molecular formula is C21H17F3N4O2S. The summed E-state index contributed by atoms with van der Waals surface area (Å²) >= 11 is 0.515. The lowest BCUT2D eigenvalue weighted by Gasteiger charge is -2.08. The van der Waals surface area contributed by atoms with Crippen LogP contribution in [0.15, 0.2) is 46.7 Å². The van der Waals surface area contributed by atoms with Gasteiger partial charge in [0, 0.05) is 34.4 Å². The smallest absolute Gasteiger partial charge is 0.443 e. The number of thiazole rings is 1. The summed E-state index contributed by atoms with van der Waals surface area (Å²) < 4.78 is 46.9. The summed E-state index contributed by atoms with van der Waals surface area (Å²) in [5, 5.41) is 6.03. The number of ether oxygens (including phenoxy) is 1. The molecule has 160 valence electrons. The van der Waals surface area contributed by atoms with Gasteiger partial charge in [-0.25, -0.2) is 4.98 Å². The van der Waals surface area contributed by atoms with Crippen molar-refractivity contribution in [3.63, 3.8) is 0 Å². The summed E-state index contributed by atoms with van der Waals surface area (Å²) in [7, 11) is 0. The summed E-state index contributed by atoms with van der Waals surface area (Å²) in [6.45, 7) is 1.88. The van der Waals surface area contributed by atoms with Gasteiger partial charge in [-0.1, -0.05) is 0 Å². The fourth-order valence-electron chi connectivity index (χ4n) is 3.46. The number of benzene rings is 1. The van der Waals surface area contributed by atoms with Crippen LogP contribution in [-0.2, 0) is 12.8 Å². The van der Waals surface area contributed by atoms with E-state index in [9.17, 15) is 18.0 Å². The average Bonchev–Trinajstić information content (AvgIpc) is 3.35. The van der Waals surface area contributed by atoms with Crippen LogP contribution >= 0.6 is 11.3 Å². The van der Waals surface area contributed by atoms with Gasteiger partial charge in [-0.15, -0.1) is 11.3 Å². The fourth-order valence-corrected chi connectivity index (χ4v) is 4.14. The lowest BCUT2D eigenvalue weighted by Crippen LogP contribution is -2.16. The van der Waals surface area contributed by atoms with Crippen LogP contribution in [-0.4, -0.2) is 19.3 Å². The largest absolute Gasteiger partial charge is 0.487 e. The molecule has 6 nitrogen and oxygen atoms in total. The second kappa shape index (κ2) is 7.23. The molecule has 0 saturated heterocycles. The molecule has 5 rings (SSSR count). The average molecular weight is 446 g/mol. The van der Waals surface area contributed by atoms with E-state index in [-0.39, 0.29) is 23.6 Å². The Balaban J connectivity index is 1.36. The fraction of sp³-hybridized carbons (Fsp3) is 0.286. The third-order valence-electron chi connectivity index (χ3n) is 5.17. The molecule has 1 fully saturated rings. The first-order valence-corrected chi connectivity index (χ1v) is 10.5. The highest BCUT2D eigenvalue weighted by Gasteiger charge is 2.34. The maximum absolute atomic E-state index is 12.6. The van der Waals surface area contributed by atoms with Crippen LogP contribution in [0, 0.1) is 6.92 Å². The number of alkyl halides is 3. The number of nitrogens with zero attached hydrogens (tertiary/aromatic N) is 4. The van der Waals surface area contributed by atoms with E-state index in [1.54, 1.807) is 12.3 Å².